The monoisotopic (exact) mass is 245 g/mol. The molecule has 0 fully saturated rings. The van der Waals surface area contributed by atoms with Gasteiger partial charge in [-0.1, -0.05) is 0 Å². The smallest absolute Gasteiger partial charge is 0.211 e. The van der Waals surface area contributed by atoms with Crippen LogP contribution in [-0.2, 0) is 16.6 Å². The summed E-state index contributed by atoms with van der Waals surface area (Å²) in [4.78, 5) is 4.98. The van der Waals surface area contributed by atoms with E-state index >= 15 is 0 Å². The lowest BCUT2D eigenvalue weighted by Gasteiger charge is -2.02. The van der Waals surface area contributed by atoms with Crippen molar-refractivity contribution in [3.05, 3.63) is 23.5 Å². The molecule has 2 rings (SSSR count). The first-order chi connectivity index (χ1) is 7.12. The van der Waals surface area contributed by atoms with Crippen LogP contribution in [0.1, 0.15) is 12.6 Å². The Morgan fingerprint density at radius 3 is 3.13 bits per heavy atom. The first kappa shape index (κ1) is 10.6. The zero-order valence-electron chi connectivity index (χ0n) is 8.17. The number of hydrogen-bond acceptors (Lipinski definition) is 4. The van der Waals surface area contributed by atoms with E-state index in [0.29, 0.717) is 6.54 Å². The zero-order valence-corrected chi connectivity index (χ0v) is 9.81. The summed E-state index contributed by atoms with van der Waals surface area (Å²) in [6.45, 7) is 1.93. The van der Waals surface area contributed by atoms with Crippen LogP contribution in [-0.4, -0.2) is 23.6 Å². The van der Waals surface area contributed by atoms with E-state index in [9.17, 15) is 8.42 Å². The summed E-state index contributed by atoms with van der Waals surface area (Å²) < 4.78 is 26.9. The standard InChI is InChI=1S/C8H11N3O2S2/c1-2-15(12,13)10-5-7-6-14-8-9-3-4-11(7)8/h3-4,6,10H,2,5H2,1H3. The molecule has 0 unspecified atom stereocenters. The van der Waals surface area contributed by atoms with Crippen molar-refractivity contribution in [3.63, 3.8) is 0 Å². The molecule has 0 saturated heterocycles. The zero-order chi connectivity index (χ0) is 10.9. The van der Waals surface area contributed by atoms with Gasteiger partial charge in [0, 0.05) is 23.5 Å². The quantitative estimate of drug-likeness (QED) is 0.868. The average molecular weight is 245 g/mol. The van der Waals surface area contributed by atoms with Crippen molar-refractivity contribution in [2.75, 3.05) is 5.75 Å². The summed E-state index contributed by atoms with van der Waals surface area (Å²) in [5.41, 5.74) is 0.907. The Morgan fingerprint density at radius 1 is 1.60 bits per heavy atom. The molecule has 0 aliphatic carbocycles. The SMILES string of the molecule is CCS(=O)(=O)NCc1csc2nccn12. The fourth-order valence-corrected chi connectivity index (χ4v) is 2.61. The van der Waals surface area contributed by atoms with Gasteiger partial charge in [-0.2, -0.15) is 0 Å². The molecule has 5 nitrogen and oxygen atoms in total. The predicted molar refractivity (Wildman–Crippen MR) is 59.4 cm³/mol. The highest BCUT2D eigenvalue weighted by Crippen LogP contribution is 2.14. The lowest BCUT2D eigenvalue weighted by atomic mass is 10.5. The first-order valence-corrected chi connectivity index (χ1v) is 7.02. The van der Waals surface area contributed by atoms with Crippen LogP contribution in [0, 0.1) is 0 Å². The number of imidazole rings is 1. The topological polar surface area (TPSA) is 63.5 Å². The Balaban J connectivity index is 2.17. The van der Waals surface area contributed by atoms with Crippen LogP contribution >= 0.6 is 11.3 Å². The van der Waals surface area contributed by atoms with Gasteiger partial charge in [0.05, 0.1) is 12.3 Å². The number of aromatic nitrogens is 2. The second-order valence-electron chi connectivity index (χ2n) is 3.03. The maximum atomic E-state index is 11.2. The maximum Gasteiger partial charge on any atom is 0.211 e. The number of sulfonamides is 1. The predicted octanol–water partition coefficient (Wildman–Crippen LogP) is 0.835. The van der Waals surface area contributed by atoms with Crippen LogP contribution in [0.2, 0.25) is 0 Å². The van der Waals surface area contributed by atoms with Crippen molar-refractivity contribution in [1.29, 1.82) is 0 Å². The van der Waals surface area contributed by atoms with Gasteiger partial charge < -0.3 is 0 Å². The van der Waals surface area contributed by atoms with E-state index in [4.69, 9.17) is 0 Å². The molecule has 0 aliphatic heterocycles. The van der Waals surface area contributed by atoms with Crippen LogP contribution in [0.5, 0.6) is 0 Å². The van der Waals surface area contributed by atoms with Crippen LogP contribution in [0.15, 0.2) is 17.8 Å². The van der Waals surface area contributed by atoms with Crippen LogP contribution < -0.4 is 4.72 Å². The number of rotatable bonds is 4. The molecular weight excluding hydrogens is 234 g/mol. The summed E-state index contributed by atoms with van der Waals surface area (Å²) in [6.07, 6.45) is 3.52. The molecule has 2 heterocycles. The number of thiazole rings is 1. The van der Waals surface area contributed by atoms with E-state index in [0.717, 1.165) is 10.7 Å². The molecule has 15 heavy (non-hydrogen) atoms. The van der Waals surface area contributed by atoms with E-state index in [1.165, 1.54) is 11.3 Å². The first-order valence-electron chi connectivity index (χ1n) is 4.49. The Labute approximate surface area is 91.8 Å². The summed E-state index contributed by atoms with van der Waals surface area (Å²) in [7, 11) is -3.13. The normalized spacial score (nSPS) is 12.3. The highest BCUT2D eigenvalue weighted by atomic mass is 32.2. The van der Waals surface area contributed by atoms with Crippen molar-refractivity contribution >= 4 is 26.3 Å². The van der Waals surface area contributed by atoms with Gasteiger partial charge in [0.15, 0.2) is 4.96 Å². The van der Waals surface area contributed by atoms with Gasteiger partial charge in [0.1, 0.15) is 0 Å². The fraction of sp³-hybridized carbons (Fsp3) is 0.375. The van der Waals surface area contributed by atoms with Gasteiger partial charge in [-0.15, -0.1) is 11.3 Å². The minimum Gasteiger partial charge on any atom is -0.293 e. The summed E-state index contributed by atoms with van der Waals surface area (Å²) in [5, 5.41) is 1.90. The summed E-state index contributed by atoms with van der Waals surface area (Å²) in [5.74, 6) is 0.101. The molecule has 7 heteroatoms. The highest BCUT2D eigenvalue weighted by Gasteiger charge is 2.08. The van der Waals surface area contributed by atoms with Gasteiger partial charge in [-0.3, -0.25) is 4.40 Å². The lowest BCUT2D eigenvalue weighted by molar-refractivity contribution is 0.581. The molecule has 2 aromatic heterocycles. The molecule has 0 aliphatic rings. The number of hydrogen-bond donors (Lipinski definition) is 1. The Hall–Kier alpha value is -0.920. The molecule has 0 amide bonds. The van der Waals surface area contributed by atoms with Gasteiger partial charge in [0.25, 0.3) is 0 Å². The Bertz CT molecular complexity index is 555. The minimum atomic E-state index is -3.13. The second kappa shape index (κ2) is 3.92. The van der Waals surface area contributed by atoms with E-state index in [2.05, 4.69) is 9.71 Å². The molecular formula is C8H11N3O2S2. The van der Waals surface area contributed by atoms with Crippen molar-refractivity contribution in [2.24, 2.45) is 0 Å². The Morgan fingerprint density at radius 2 is 2.40 bits per heavy atom. The van der Waals surface area contributed by atoms with Crippen LogP contribution in [0.4, 0.5) is 0 Å². The van der Waals surface area contributed by atoms with Crippen molar-refractivity contribution in [3.8, 4) is 0 Å². The third-order valence-corrected chi connectivity index (χ3v) is 4.32. The maximum absolute atomic E-state index is 11.2. The molecule has 0 aromatic carbocycles. The van der Waals surface area contributed by atoms with Crippen molar-refractivity contribution in [1.82, 2.24) is 14.1 Å². The van der Waals surface area contributed by atoms with E-state index in [1.54, 1.807) is 13.1 Å². The number of nitrogens with one attached hydrogen (secondary N) is 1. The van der Waals surface area contributed by atoms with Gasteiger partial charge in [0.2, 0.25) is 10.0 Å². The van der Waals surface area contributed by atoms with Crippen molar-refractivity contribution in [2.45, 2.75) is 13.5 Å². The lowest BCUT2D eigenvalue weighted by Crippen LogP contribution is -2.25. The van der Waals surface area contributed by atoms with Crippen LogP contribution in [0.25, 0.3) is 4.96 Å². The van der Waals surface area contributed by atoms with Crippen LogP contribution in [0.3, 0.4) is 0 Å². The Kier molecular flexibility index (Phi) is 2.76. The van der Waals surface area contributed by atoms with E-state index in [1.807, 2.05) is 16.0 Å². The summed E-state index contributed by atoms with van der Waals surface area (Å²) in [6, 6.07) is 0. The second-order valence-corrected chi connectivity index (χ2v) is 5.96. The minimum absolute atomic E-state index is 0.101. The molecule has 0 spiro atoms. The third kappa shape index (κ3) is 2.19. The molecule has 0 radical (unpaired) electrons. The number of nitrogens with zero attached hydrogens (tertiary/aromatic N) is 2. The molecule has 0 bridgehead atoms. The molecule has 2 aromatic rings. The molecule has 0 atom stereocenters. The van der Waals surface area contributed by atoms with E-state index in [-0.39, 0.29) is 5.75 Å². The highest BCUT2D eigenvalue weighted by molar-refractivity contribution is 7.89. The largest absolute Gasteiger partial charge is 0.293 e. The van der Waals surface area contributed by atoms with Gasteiger partial charge >= 0.3 is 0 Å². The number of fused-ring (bicyclic) bond motifs is 1. The molecule has 0 saturated carbocycles. The van der Waals surface area contributed by atoms with Gasteiger partial charge in [-0.25, -0.2) is 18.1 Å². The molecule has 82 valence electrons. The summed E-state index contributed by atoms with van der Waals surface area (Å²) >= 11 is 1.50. The van der Waals surface area contributed by atoms with E-state index < -0.39 is 10.0 Å². The average Bonchev–Trinajstić information content (AvgIpc) is 2.77. The fourth-order valence-electron chi connectivity index (χ4n) is 1.19. The molecule has 1 N–H and O–H groups in total. The third-order valence-electron chi connectivity index (χ3n) is 2.07. The van der Waals surface area contributed by atoms with Crippen molar-refractivity contribution < 1.29 is 8.42 Å². The van der Waals surface area contributed by atoms with Gasteiger partial charge in [-0.05, 0) is 6.92 Å².